The lowest BCUT2D eigenvalue weighted by Gasteiger charge is -2.04. The van der Waals surface area contributed by atoms with E-state index in [9.17, 15) is 0 Å². The van der Waals surface area contributed by atoms with Crippen LogP contribution in [0.1, 0.15) is 30.9 Å². The van der Waals surface area contributed by atoms with Gasteiger partial charge in [0.1, 0.15) is 0 Å². The van der Waals surface area contributed by atoms with Crippen molar-refractivity contribution in [3.8, 4) is 0 Å². The monoisotopic (exact) mass is 194 g/mol. The summed E-state index contributed by atoms with van der Waals surface area (Å²) in [6.07, 6.45) is 2.65. The van der Waals surface area contributed by atoms with E-state index in [2.05, 4.69) is 38.1 Å². The van der Waals surface area contributed by atoms with Crippen molar-refractivity contribution in [2.24, 2.45) is 0 Å². The molecule has 0 bridgehead atoms. The quantitative estimate of drug-likeness (QED) is 0.638. The summed E-state index contributed by atoms with van der Waals surface area (Å²) in [7, 11) is 0. The lowest BCUT2D eigenvalue weighted by atomic mass is 10.1. The molecule has 0 unspecified atom stereocenters. The minimum atomic E-state index is 1.17. The van der Waals surface area contributed by atoms with Crippen LogP contribution < -0.4 is 0 Å². The molecule has 0 nitrogen and oxygen atoms in total. The normalized spacial score (nSPS) is 10.3. The predicted molar refractivity (Wildman–Crippen MR) is 62.2 cm³/mol. The summed E-state index contributed by atoms with van der Waals surface area (Å²) in [5, 5.41) is 0. The van der Waals surface area contributed by atoms with E-state index >= 15 is 0 Å². The fourth-order valence-electron chi connectivity index (χ4n) is 1.20. The maximum Gasteiger partial charge on any atom is 0.0187 e. The Bertz CT molecular complexity index is 243. The zero-order chi connectivity index (χ0) is 9.52. The zero-order valence-corrected chi connectivity index (χ0v) is 9.36. The Labute approximate surface area is 85.7 Å². The number of unbranched alkanes of at least 4 members (excludes halogenated alkanes) is 1. The summed E-state index contributed by atoms with van der Waals surface area (Å²) < 4.78 is 0. The van der Waals surface area contributed by atoms with Crippen molar-refractivity contribution in [1.82, 2.24) is 0 Å². The molecule has 0 saturated carbocycles. The third-order valence-corrected chi connectivity index (χ3v) is 3.25. The Morgan fingerprint density at radius 3 is 2.69 bits per heavy atom. The second kappa shape index (κ2) is 6.09. The van der Waals surface area contributed by atoms with E-state index in [1.54, 1.807) is 0 Å². The minimum Gasteiger partial charge on any atom is -0.157 e. The van der Waals surface area contributed by atoms with Gasteiger partial charge < -0.3 is 0 Å². The van der Waals surface area contributed by atoms with Gasteiger partial charge in [0.2, 0.25) is 0 Å². The van der Waals surface area contributed by atoms with E-state index in [1.807, 2.05) is 11.8 Å². The van der Waals surface area contributed by atoms with Crippen molar-refractivity contribution in [3.63, 3.8) is 0 Å². The third-order valence-electron chi connectivity index (χ3n) is 2.16. The van der Waals surface area contributed by atoms with Gasteiger partial charge in [-0.3, -0.25) is 0 Å². The molecule has 1 aromatic carbocycles. The van der Waals surface area contributed by atoms with Crippen molar-refractivity contribution in [2.45, 2.75) is 32.4 Å². The largest absolute Gasteiger partial charge is 0.157 e. The highest BCUT2D eigenvalue weighted by atomic mass is 32.2. The molecule has 0 aliphatic carbocycles. The maximum absolute atomic E-state index is 2.24. The smallest absolute Gasteiger partial charge is 0.0187 e. The van der Waals surface area contributed by atoms with Crippen molar-refractivity contribution in [3.05, 3.63) is 35.4 Å². The predicted octanol–water partition coefficient (Wildman–Crippen LogP) is 4.03. The lowest BCUT2D eigenvalue weighted by Crippen LogP contribution is -1.86. The van der Waals surface area contributed by atoms with Crippen LogP contribution in [0.4, 0.5) is 0 Å². The van der Waals surface area contributed by atoms with Crippen LogP contribution in [0.2, 0.25) is 0 Å². The highest BCUT2D eigenvalue weighted by Crippen LogP contribution is 2.16. The van der Waals surface area contributed by atoms with Gasteiger partial charge in [-0.05, 0) is 30.2 Å². The average molecular weight is 194 g/mol. The van der Waals surface area contributed by atoms with E-state index in [-0.39, 0.29) is 0 Å². The summed E-state index contributed by atoms with van der Waals surface area (Å²) in [5.41, 5.74) is 2.91. The molecule has 1 aromatic rings. The molecule has 1 rings (SSSR count). The van der Waals surface area contributed by atoms with Crippen molar-refractivity contribution in [1.29, 1.82) is 0 Å². The Kier molecular flexibility index (Phi) is 4.99. The molecule has 0 spiro atoms. The van der Waals surface area contributed by atoms with Crippen LogP contribution in [-0.2, 0) is 5.75 Å². The molecular formula is C12H18S. The van der Waals surface area contributed by atoms with Crippen molar-refractivity contribution in [2.75, 3.05) is 5.75 Å². The van der Waals surface area contributed by atoms with Crippen LogP contribution in [0.25, 0.3) is 0 Å². The first-order valence-corrected chi connectivity index (χ1v) is 6.12. The fourth-order valence-corrected chi connectivity index (χ4v) is 2.38. The molecule has 0 atom stereocenters. The molecule has 0 aliphatic rings. The minimum absolute atomic E-state index is 1.17. The number of rotatable bonds is 5. The first-order valence-electron chi connectivity index (χ1n) is 4.97. The molecule has 0 aliphatic heterocycles. The van der Waals surface area contributed by atoms with E-state index in [1.165, 1.54) is 35.5 Å². The van der Waals surface area contributed by atoms with Crippen LogP contribution in [0.5, 0.6) is 0 Å². The Morgan fingerprint density at radius 2 is 2.00 bits per heavy atom. The van der Waals surface area contributed by atoms with Gasteiger partial charge in [0.25, 0.3) is 0 Å². The molecular weight excluding hydrogens is 176 g/mol. The van der Waals surface area contributed by atoms with Gasteiger partial charge in [0.05, 0.1) is 0 Å². The molecule has 0 aromatic heterocycles. The molecule has 13 heavy (non-hydrogen) atoms. The summed E-state index contributed by atoms with van der Waals surface area (Å²) in [6.45, 7) is 4.43. The van der Waals surface area contributed by atoms with Gasteiger partial charge >= 0.3 is 0 Å². The first kappa shape index (κ1) is 10.6. The van der Waals surface area contributed by atoms with Crippen LogP contribution in [-0.4, -0.2) is 5.75 Å². The fraction of sp³-hybridized carbons (Fsp3) is 0.500. The van der Waals surface area contributed by atoms with Gasteiger partial charge in [-0.2, -0.15) is 11.8 Å². The SMILES string of the molecule is CCCCSCc1ccccc1C. The van der Waals surface area contributed by atoms with Crippen LogP contribution >= 0.6 is 11.8 Å². The van der Waals surface area contributed by atoms with Crippen LogP contribution in [0, 0.1) is 6.92 Å². The van der Waals surface area contributed by atoms with Gasteiger partial charge in [0.15, 0.2) is 0 Å². The summed E-state index contributed by atoms with van der Waals surface area (Å²) in [5.74, 6) is 2.47. The number of benzene rings is 1. The van der Waals surface area contributed by atoms with E-state index < -0.39 is 0 Å². The number of hydrogen-bond acceptors (Lipinski definition) is 1. The Morgan fingerprint density at radius 1 is 1.23 bits per heavy atom. The highest BCUT2D eigenvalue weighted by molar-refractivity contribution is 7.98. The zero-order valence-electron chi connectivity index (χ0n) is 8.55. The van der Waals surface area contributed by atoms with Crippen LogP contribution in [0.15, 0.2) is 24.3 Å². The molecule has 72 valence electrons. The standard InChI is InChI=1S/C12H18S/c1-3-4-9-13-10-12-8-6-5-7-11(12)2/h5-8H,3-4,9-10H2,1-2H3. The number of hydrogen-bond donors (Lipinski definition) is 0. The molecule has 1 heteroatoms. The van der Waals surface area contributed by atoms with Crippen molar-refractivity contribution >= 4 is 11.8 Å². The molecule has 0 N–H and O–H groups in total. The maximum atomic E-state index is 2.24. The lowest BCUT2D eigenvalue weighted by molar-refractivity contribution is 0.896. The molecule has 0 fully saturated rings. The highest BCUT2D eigenvalue weighted by Gasteiger charge is 1.95. The number of thioether (sulfide) groups is 1. The average Bonchev–Trinajstić information content (AvgIpc) is 2.15. The molecule has 0 amide bonds. The molecule has 0 radical (unpaired) electrons. The molecule has 0 saturated heterocycles. The summed E-state index contributed by atoms with van der Waals surface area (Å²) in [4.78, 5) is 0. The van der Waals surface area contributed by atoms with E-state index in [4.69, 9.17) is 0 Å². The van der Waals surface area contributed by atoms with Crippen molar-refractivity contribution < 1.29 is 0 Å². The van der Waals surface area contributed by atoms with Crippen LogP contribution in [0.3, 0.4) is 0 Å². The Hall–Kier alpha value is -0.430. The Balaban J connectivity index is 2.32. The summed E-state index contributed by atoms with van der Waals surface area (Å²) in [6, 6.07) is 8.66. The van der Waals surface area contributed by atoms with Gasteiger partial charge in [0, 0.05) is 5.75 Å². The van der Waals surface area contributed by atoms with E-state index in [0.717, 1.165) is 0 Å². The van der Waals surface area contributed by atoms with Gasteiger partial charge in [-0.15, -0.1) is 0 Å². The topological polar surface area (TPSA) is 0 Å². The summed E-state index contributed by atoms with van der Waals surface area (Å²) >= 11 is 2.05. The molecule has 0 heterocycles. The second-order valence-electron chi connectivity index (χ2n) is 3.33. The first-order chi connectivity index (χ1) is 6.34. The van der Waals surface area contributed by atoms with E-state index in [0.29, 0.717) is 0 Å². The second-order valence-corrected chi connectivity index (χ2v) is 4.44. The van der Waals surface area contributed by atoms with Gasteiger partial charge in [-0.1, -0.05) is 37.6 Å². The van der Waals surface area contributed by atoms with Gasteiger partial charge in [-0.25, -0.2) is 0 Å². The number of aryl methyl sites for hydroxylation is 1. The third kappa shape index (κ3) is 3.86.